The van der Waals surface area contributed by atoms with Gasteiger partial charge in [0.05, 0.1) is 6.61 Å². The van der Waals surface area contributed by atoms with Gasteiger partial charge in [-0.25, -0.2) is 0 Å². The third-order valence-corrected chi connectivity index (χ3v) is 3.88. The van der Waals surface area contributed by atoms with Gasteiger partial charge in [0.25, 0.3) is 0 Å². The minimum Gasteiger partial charge on any atom is -0.383 e. The summed E-state index contributed by atoms with van der Waals surface area (Å²) >= 11 is 0. The van der Waals surface area contributed by atoms with Crippen molar-refractivity contribution in [2.75, 3.05) is 38.8 Å². The van der Waals surface area contributed by atoms with Gasteiger partial charge in [-0.05, 0) is 30.5 Å². The van der Waals surface area contributed by atoms with Gasteiger partial charge >= 0.3 is 0 Å². The van der Waals surface area contributed by atoms with Gasteiger partial charge in [-0.1, -0.05) is 12.1 Å². The first-order valence-corrected chi connectivity index (χ1v) is 7.53. The topological polar surface area (TPSA) is 53.6 Å². The Labute approximate surface area is 126 Å². The molecule has 1 amide bonds. The second-order valence-corrected chi connectivity index (χ2v) is 5.30. The van der Waals surface area contributed by atoms with Gasteiger partial charge in [-0.15, -0.1) is 0 Å². The van der Waals surface area contributed by atoms with Crippen LogP contribution in [0.1, 0.15) is 18.4 Å². The van der Waals surface area contributed by atoms with E-state index in [-0.39, 0.29) is 11.9 Å². The van der Waals surface area contributed by atoms with E-state index < -0.39 is 0 Å². The summed E-state index contributed by atoms with van der Waals surface area (Å²) in [6.45, 7) is 3.36. The van der Waals surface area contributed by atoms with Crippen molar-refractivity contribution in [3.05, 3.63) is 29.8 Å². The van der Waals surface area contributed by atoms with Crippen LogP contribution < -0.4 is 15.5 Å². The summed E-state index contributed by atoms with van der Waals surface area (Å²) in [6.07, 6.45) is 2.00. The van der Waals surface area contributed by atoms with Crippen LogP contribution in [-0.4, -0.2) is 45.8 Å². The summed E-state index contributed by atoms with van der Waals surface area (Å²) in [4.78, 5) is 14.1. The smallest absolute Gasteiger partial charge is 0.242 e. The van der Waals surface area contributed by atoms with Crippen molar-refractivity contribution in [2.24, 2.45) is 0 Å². The summed E-state index contributed by atoms with van der Waals surface area (Å²) < 4.78 is 5.00. The highest BCUT2D eigenvalue weighted by molar-refractivity contribution is 5.85. The van der Waals surface area contributed by atoms with Crippen LogP contribution in [0.25, 0.3) is 0 Å². The van der Waals surface area contributed by atoms with Crippen molar-refractivity contribution in [3.63, 3.8) is 0 Å². The van der Waals surface area contributed by atoms with E-state index in [0.717, 1.165) is 44.8 Å². The largest absolute Gasteiger partial charge is 0.383 e. The highest BCUT2D eigenvalue weighted by Crippen LogP contribution is 2.25. The molecule has 1 aliphatic rings. The van der Waals surface area contributed by atoms with Gasteiger partial charge in [0.1, 0.15) is 6.04 Å². The summed E-state index contributed by atoms with van der Waals surface area (Å²) in [5, 5.41) is 6.08. The summed E-state index contributed by atoms with van der Waals surface area (Å²) in [5.74, 6) is 0.109. The van der Waals surface area contributed by atoms with Crippen molar-refractivity contribution >= 4 is 11.6 Å². The lowest BCUT2D eigenvalue weighted by molar-refractivity contribution is -0.121. The standard InChI is InChI=1S/C16H25N3O2/c1-17-16(20)15-4-3-10-19(15)14-7-5-13(6-8-14)12-18-9-11-21-2/h5-8,15,18H,3-4,9-12H2,1-2H3,(H,17,20). The first kappa shape index (κ1) is 15.8. The van der Waals surface area contributed by atoms with Gasteiger partial charge in [-0.3, -0.25) is 4.79 Å². The number of ether oxygens (including phenoxy) is 1. The van der Waals surface area contributed by atoms with E-state index >= 15 is 0 Å². The van der Waals surface area contributed by atoms with Gasteiger partial charge in [0, 0.05) is 39.5 Å². The maximum Gasteiger partial charge on any atom is 0.242 e. The fourth-order valence-corrected chi connectivity index (χ4v) is 2.73. The van der Waals surface area contributed by atoms with E-state index in [4.69, 9.17) is 4.74 Å². The zero-order valence-electron chi connectivity index (χ0n) is 12.9. The number of nitrogens with one attached hydrogen (secondary N) is 2. The highest BCUT2D eigenvalue weighted by atomic mass is 16.5. The number of rotatable bonds is 7. The molecular formula is C16H25N3O2. The molecule has 0 radical (unpaired) electrons. The molecule has 0 aromatic heterocycles. The lowest BCUT2D eigenvalue weighted by Gasteiger charge is -2.25. The minimum atomic E-state index is -0.0272. The maximum atomic E-state index is 11.9. The molecule has 2 N–H and O–H groups in total. The normalized spacial score (nSPS) is 18.0. The van der Waals surface area contributed by atoms with Crippen molar-refractivity contribution in [1.82, 2.24) is 10.6 Å². The molecule has 0 spiro atoms. The molecule has 5 nitrogen and oxygen atoms in total. The summed E-state index contributed by atoms with van der Waals surface area (Å²) in [6, 6.07) is 8.42. The molecule has 0 aliphatic carbocycles. The van der Waals surface area contributed by atoms with Crippen LogP contribution in [0, 0.1) is 0 Å². The van der Waals surface area contributed by atoms with E-state index in [9.17, 15) is 4.79 Å². The van der Waals surface area contributed by atoms with E-state index in [1.807, 2.05) is 0 Å². The molecule has 116 valence electrons. The van der Waals surface area contributed by atoms with Crippen LogP contribution in [0.4, 0.5) is 5.69 Å². The van der Waals surface area contributed by atoms with Crippen molar-refractivity contribution in [1.29, 1.82) is 0 Å². The van der Waals surface area contributed by atoms with E-state index in [2.05, 4.69) is 39.8 Å². The van der Waals surface area contributed by atoms with E-state index in [1.54, 1.807) is 14.2 Å². The van der Waals surface area contributed by atoms with Gasteiger partial charge < -0.3 is 20.3 Å². The fourth-order valence-electron chi connectivity index (χ4n) is 2.73. The molecule has 2 rings (SSSR count). The van der Waals surface area contributed by atoms with Gasteiger partial charge in [0.2, 0.25) is 5.91 Å². The second-order valence-electron chi connectivity index (χ2n) is 5.30. The Hall–Kier alpha value is -1.59. The molecule has 1 aromatic carbocycles. The molecule has 1 unspecified atom stereocenters. The number of carbonyl (C=O) groups is 1. The molecule has 1 heterocycles. The number of benzene rings is 1. The predicted molar refractivity (Wildman–Crippen MR) is 84.5 cm³/mol. The Morgan fingerprint density at radius 2 is 2.14 bits per heavy atom. The number of likely N-dealkylation sites (N-methyl/N-ethyl adjacent to an activating group) is 1. The quantitative estimate of drug-likeness (QED) is 0.740. The molecule has 1 fully saturated rings. The molecule has 1 atom stereocenters. The summed E-state index contributed by atoms with van der Waals surface area (Å²) in [7, 11) is 3.41. The number of anilines is 1. The van der Waals surface area contributed by atoms with Crippen molar-refractivity contribution in [2.45, 2.75) is 25.4 Å². The van der Waals surface area contributed by atoms with Crippen LogP contribution >= 0.6 is 0 Å². The third-order valence-electron chi connectivity index (χ3n) is 3.88. The molecule has 0 saturated carbocycles. The third kappa shape index (κ3) is 4.19. The molecule has 1 aliphatic heterocycles. The SMILES string of the molecule is CNC(=O)C1CCCN1c1ccc(CNCCOC)cc1. The zero-order valence-corrected chi connectivity index (χ0v) is 12.9. The van der Waals surface area contributed by atoms with Crippen molar-refractivity contribution < 1.29 is 9.53 Å². The number of hydrogen-bond donors (Lipinski definition) is 2. The number of carbonyl (C=O) groups excluding carboxylic acids is 1. The number of hydrogen-bond acceptors (Lipinski definition) is 4. The number of methoxy groups -OCH3 is 1. The Morgan fingerprint density at radius 3 is 2.81 bits per heavy atom. The zero-order chi connectivity index (χ0) is 15.1. The van der Waals surface area contributed by atoms with E-state index in [0.29, 0.717) is 0 Å². The van der Waals surface area contributed by atoms with Crippen LogP contribution in [0.3, 0.4) is 0 Å². The van der Waals surface area contributed by atoms with Gasteiger partial charge in [-0.2, -0.15) is 0 Å². The fraction of sp³-hybridized carbons (Fsp3) is 0.562. The predicted octanol–water partition coefficient (Wildman–Crippen LogP) is 1.14. The Balaban J connectivity index is 1.93. The first-order valence-electron chi connectivity index (χ1n) is 7.53. The molecule has 1 saturated heterocycles. The molecule has 1 aromatic rings. The minimum absolute atomic E-state index is 0.0272. The Bertz CT molecular complexity index is 447. The molecule has 5 heteroatoms. The monoisotopic (exact) mass is 291 g/mol. The van der Waals surface area contributed by atoms with Crippen LogP contribution in [-0.2, 0) is 16.1 Å². The molecule has 21 heavy (non-hydrogen) atoms. The highest BCUT2D eigenvalue weighted by Gasteiger charge is 2.29. The first-order chi connectivity index (χ1) is 10.3. The van der Waals surface area contributed by atoms with Gasteiger partial charge in [0.15, 0.2) is 0 Å². The number of nitrogens with zero attached hydrogens (tertiary/aromatic N) is 1. The van der Waals surface area contributed by atoms with Crippen LogP contribution in [0.5, 0.6) is 0 Å². The average Bonchev–Trinajstić information content (AvgIpc) is 3.01. The second kappa shape index (κ2) is 8.00. The Kier molecular flexibility index (Phi) is 6.02. The van der Waals surface area contributed by atoms with E-state index in [1.165, 1.54) is 5.56 Å². The lowest BCUT2D eigenvalue weighted by Crippen LogP contribution is -2.41. The average molecular weight is 291 g/mol. The Morgan fingerprint density at radius 1 is 1.38 bits per heavy atom. The van der Waals surface area contributed by atoms with Crippen molar-refractivity contribution in [3.8, 4) is 0 Å². The maximum absolute atomic E-state index is 11.9. The number of amides is 1. The summed E-state index contributed by atoms with van der Waals surface area (Å²) in [5.41, 5.74) is 2.37. The van der Waals surface area contributed by atoms with Crippen LogP contribution in [0.2, 0.25) is 0 Å². The molecular weight excluding hydrogens is 266 g/mol. The molecule has 0 bridgehead atoms. The van der Waals surface area contributed by atoms with Crippen LogP contribution in [0.15, 0.2) is 24.3 Å². The lowest BCUT2D eigenvalue weighted by atomic mass is 10.1.